The number of rotatable bonds is 7. The van der Waals surface area contributed by atoms with Gasteiger partial charge in [-0.1, -0.05) is 30.7 Å². The molecule has 0 spiro atoms. The molecular formula is C17H24ClN5. The molecule has 0 amide bonds. The molecule has 0 aliphatic heterocycles. The van der Waals surface area contributed by atoms with Crippen molar-refractivity contribution in [3.63, 3.8) is 0 Å². The van der Waals surface area contributed by atoms with Crippen LogP contribution in [0.3, 0.4) is 0 Å². The van der Waals surface area contributed by atoms with Gasteiger partial charge in [-0.25, -0.2) is 0 Å². The van der Waals surface area contributed by atoms with Gasteiger partial charge in [-0.3, -0.25) is 9.67 Å². The number of aliphatic imine (C=N–C) groups is 1. The smallest absolute Gasteiger partial charge is 0.190 e. The number of aromatic nitrogens is 2. The maximum atomic E-state index is 5.89. The quantitative estimate of drug-likeness (QED) is 0.605. The van der Waals surface area contributed by atoms with E-state index in [-0.39, 0.29) is 0 Å². The predicted octanol–water partition coefficient (Wildman–Crippen LogP) is 2.58. The number of nitrogens with zero attached hydrogens (tertiary/aromatic N) is 3. The third-order valence-electron chi connectivity index (χ3n) is 3.52. The lowest BCUT2D eigenvalue weighted by molar-refractivity contribution is 0.443. The first kappa shape index (κ1) is 17.3. The van der Waals surface area contributed by atoms with Crippen LogP contribution >= 0.6 is 11.6 Å². The highest BCUT2D eigenvalue weighted by Crippen LogP contribution is 2.09. The maximum Gasteiger partial charge on any atom is 0.190 e. The molecule has 0 radical (unpaired) electrons. The van der Waals surface area contributed by atoms with Crippen LogP contribution < -0.4 is 10.6 Å². The molecule has 2 rings (SSSR count). The highest BCUT2D eigenvalue weighted by Gasteiger charge is 2.05. The van der Waals surface area contributed by atoms with Gasteiger partial charge in [0.15, 0.2) is 5.96 Å². The zero-order valence-electron chi connectivity index (χ0n) is 13.7. The SMILES string of the molecule is CN=C(NCCc1ccc(Cl)cc1)NCC(C)Cn1cccn1. The summed E-state index contributed by atoms with van der Waals surface area (Å²) in [5.74, 6) is 1.29. The second-order valence-electron chi connectivity index (χ2n) is 5.59. The topological polar surface area (TPSA) is 54.2 Å². The minimum atomic E-state index is 0.463. The highest BCUT2D eigenvalue weighted by atomic mass is 35.5. The molecule has 5 nitrogen and oxygen atoms in total. The van der Waals surface area contributed by atoms with E-state index in [0.29, 0.717) is 5.92 Å². The van der Waals surface area contributed by atoms with Crippen LogP contribution in [0.15, 0.2) is 47.7 Å². The fourth-order valence-electron chi connectivity index (χ4n) is 2.26. The maximum absolute atomic E-state index is 5.89. The highest BCUT2D eigenvalue weighted by molar-refractivity contribution is 6.30. The Bertz CT molecular complexity index is 592. The van der Waals surface area contributed by atoms with Crippen molar-refractivity contribution in [1.29, 1.82) is 0 Å². The van der Waals surface area contributed by atoms with Gasteiger partial charge >= 0.3 is 0 Å². The molecule has 1 atom stereocenters. The molecule has 0 fully saturated rings. The first-order valence-electron chi connectivity index (χ1n) is 7.83. The van der Waals surface area contributed by atoms with E-state index in [1.165, 1.54) is 5.56 Å². The van der Waals surface area contributed by atoms with Crippen LogP contribution in [0.1, 0.15) is 12.5 Å². The summed E-state index contributed by atoms with van der Waals surface area (Å²) in [7, 11) is 1.79. The first-order valence-corrected chi connectivity index (χ1v) is 8.21. The Kier molecular flexibility index (Phi) is 6.94. The second-order valence-corrected chi connectivity index (χ2v) is 6.03. The Morgan fingerprint density at radius 3 is 2.74 bits per heavy atom. The molecule has 2 aromatic rings. The Hall–Kier alpha value is -2.01. The summed E-state index contributed by atoms with van der Waals surface area (Å²) in [6, 6.07) is 9.87. The minimum absolute atomic E-state index is 0.463. The summed E-state index contributed by atoms with van der Waals surface area (Å²) in [6.45, 7) is 4.76. The predicted molar refractivity (Wildman–Crippen MR) is 95.9 cm³/mol. The fourth-order valence-corrected chi connectivity index (χ4v) is 2.39. The van der Waals surface area contributed by atoms with Crippen molar-refractivity contribution in [3.8, 4) is 0 Å². The summed E-state index contributed by atoms with van der Waals surface area (Å²) in [5, 5.41) is 11.7. The minimum Gasteiger partial charge on any atom is -0.356 e. The first-order chi connectivity index (χ1) is 11.2. The van der Waals surface area contributed by atoms with Crippen LogP contribution in [0.4, 0.5) is 0 Å². The lowest BCUT2D eigenvalue weighted by Gasteiger charge is -2.16. The molecule has 0 saturated carbocycles. The summed E-state index contributed by atoms with van der Waals surface area (Å²) in [4.78, 5) is 4.25. The normalized spacial score (nSPS) is 12.9. The van der Waals surface area contributed by atoms with E-state index in [0.717, 1.165) is 37.0 Å². The van der Waals surface area contributed by atoms with Crippen LogP contribution in [0.2, 0.25) is 5.02 Å². The van der Waals surface area contributed by atoms with Crippen molar-refractivity contribution < 1.29 is 0 Å². The molecule has 0 aliphatic carbocycles. The number of hydrogen-bond donors (Lipinski definition) is 2. The molecule has 0 aliphatic rings. The van der Waals surface area contributed by atoms with E-state index in [4.69, 9.17) is 11.6 Å². The lowest BCUT2D eigenvalue weighted by atomic mass is 10.1. The molecular weight excluding hydrogens is 310 g/mol. The number of nitrogens with one attached hydrogen (secondary N) is 2. The third kappa shape index (κ3) is 6.32. The summed E-state index contributed by atoms with van der Waals surface area (Å²) in [6.07, 6.45) is 4.72. The molecule has 1 aromatic carbocycles. The lowest BCUT2D eigenvalue weighted by Crippen LogP contribution is -2.40. The zero-order valence-corrected chi connectivity index (χ0v) is 14.4. The van der Waals surface area contributed by atoms with Crippen LogP contribution in [0.5, 0.6) is 0 Å². The van der Waals surface area contributed by atoms with Crippen LogP contribution in [-0.2, 0) is 13.0 Å². The average molecular weight is 334 g/mol. The van der Waals surface area contributed by atoms with Crippen molar-refractivity contribution in [2.75, 3.05) is 20.1 Å². The molecule has 1 aromatic heterocycles. The van der Waals surface area contributed by atoms with E-state index in [2.05, 4.69) is 27.6 Å². The van der Waals surface area contributed by atoms with E-state index in [1.54, 1.807) is 13.2 Å². The third-order valence-corrected chi connectivity index (χ3v) is 3.77. The fraction of sp³-hybridized carbons (Fsp3) is 0.412. The van der Waals surface area contributed by atoms with Gasteiger partial charge < -0.3 is 10.6 Å². The monoisotopic (exact) mass is 333 g/mol. The van der Waals surface area contributed by atoms with Crippen LogP contribution in [0, 0.1) is 5.92 Å². The number of hydrogen-bond acceptors (Lipinski definition) is 2. The van der Waals surface area contributed by atoms with Gasteiger partial charge in [0.2, 0.25) is 0 Å². The van der Waals surface area contributed by atoms with Crippen molar-refractivity contribution in [3.05, 3.63) is 53.3 Å². The van der Waals surface area contributed by atoms with Crippen molar-refractivity contribution >= 4 is 17.6 Å². The molecule has 0 saturated heterocycles. The molecule has 124 valence electrons. The van der Waals surface area contributed by atoms with Gasteiger partial charge in [0.05, 0.1) is 0 Å². The standard InChI is InChI=1S/C17H24ClN5/c1-14(13-23-11-3-9-22-23)12-21-17(19-2)20-10-8-15-4-6-16(18)7-5-15/h3-7,9,11,14H,8,10,12-13H2,1-2H3,(H2,19,20,21). The molecule has 23 heavy (non-hydrogen) atoms. The molecule has 1 heterocycles. The van der Waals surface area contributed by atoms with Gasteiger partial charge in [0, 0.05) is 44.1 Å². The zero-order chi connectivity index (χ0) is 16.5. The van der Waals surface area contributed by atoms with Gasteiger partial charge in [-0.2, -0.15) is 5.10 Å². The van der Waals surface area contributed by atoms with Gasteiger partial charge in [-0.05, 0) is 36.1 Å². The Morgan fingerprint density at radius 2 is 2.09 bits per heavy atom. The van der Waals surface area contributed by atoms with Crippen LogP contribution in [0.25, 0.3) is 0 Å². The number of benzene rings is 1. The van der Waals surface area contributed by atoms with E-state index in [9.17, 15) is 0 Å². The largest absolute Gasteiger partial charge is 0.356 e. The van der Waals surface area contributed by atoms with E-state index < -0.39 is 0 Å². The second kappa shape index (κ2) is 9.20. The van der Waals surface area contributed by atoms with E-state index in [1.807, 2.05) is 41.2 Å². The van der Waals surface area contributed by atoms with Gasteiger partial charge in [0.1, 0.15) is 0 Å². The summed E-state index contributed by atoms with van der Waals surface area (Å²) in [5.41, 5.74) is 1.25. The van der Waals surface area contributed by atoms with Crippen molar-refractivity contribution in [2.24, 2.45) is 10.9 Å². The van der Waals surface area contributed by atoms with Crippen molar-refractivity contribution in [2.45, 2.75) is 19.9 Å². The number of guanidine groups is 1. The van der Waals surface area contributed by atoms with Crippen molar-refractivity contribution in [1.82, 2.24) is 20.4 Å². The molecule has 1 unspecified atom stereocenters. The van der Waals surface area contributed by atoms with E-state index >= 15 is 0 Å². The Labute approximate surface area is 142 Å². The van der Waals surface area contributed by atoms with Gasteiger partial charge in [-0.15, -0.1) is 0 Å². The number of halogens is 1. The van der Waals surface area contributed by atoms with Gasteiger partial charge in [0.25, 0.3) is 0 Å². The summed E-state index contributed by atoms with van der Waals surface area (Å²) >= 11 is 5.89. The Balaban J connectivity index is 1.67. The molecule has 0 bridgehead atoms. The Morgan fingerprint density at radius 1 is 1.30 bits per heavy atom. The average Bonchev–Trinajstić information content (AvgIpc) is 3.05. The van der Waals surface area contributed by atoms with Crippen LogP contribution in [-0.4, -0.2) is 35.9 Å². The molecule has 2 N–H and O–H groups in total. The molecule has 6 heteroatoms. The summed E-state index contributed by atoms with van der Waals surface area (Å²) < 4.78 is 1.95.